The van der Waals surface area contributed by atoms with Gasteiger partial charge in [0, 0.05) is 0 Å². The number of benzene rings is 2. The van der Waals surface area contributed by atoms with Crippen molar-refractivity contribution in [3.63, 3.8) is 0 Å². The van der Waals surface area contributed by atoms with Crippen molar-refractivity contribution in [3.8, 4) is 0 Å². The van der Waals surface area contributed by atoms with E-state index in [1.165, 1.54) is 5.56 Å². The van der Waals surface area contributed by atoms with Crippen LogP contribution in [0, 0.1) is 11.8 Å². The number of carbonyl (C=O) groups is 1. The van der Waals surface area contributed by atoms with Gasteiger partial charge in [-0.05, 0) is 42.7 Å². The molecule has 1 fully saturated rings. The van der Waals surface area contributed by atoms with Crippen molar-refractivity contribution in [2.75, 3.05) is 0 Å². The van der Waals surface area contributed by atoms with E-state index in [2.05, 4.69) is 24.3 Å². The summed E-state index contributed by atoms with van der Waals surface area (Å²) in [6.07, 6.45) is 4.37. The van der Waals surface area contributed by atoms with Crippen LogP contribution in [-0.4, -0.2) is 12.1 Å². The van der Waals surface area contributed by atoms with Crippen molar-refractivity contribution in [3.05, 3.63) is 71.8 Å². The number of esters is 1. The Labute approximate surface area is 147 Å². The molecular formula is C21H22O4. The van der Waals surface area contributed by atoms with Crippen LogP contribution in [0.25, 0.3) is 0 Å². The third kappa shape index (κ3) is 6.36. The highest BCUT2D eigenvalue weighted by Crippen LogP contribution is 2.34. The maximum absolute atomic E-state index is 12.2. The number of ether oxygens (including phenoxy) is 1. The summed E-state index contributed by atoms with van der Waals surface area (Å²) in [5.41, 5.74) is 2.42. The molecule has 0 N–H and O–H groups in total. The average molecular weight is 338 g/mol. The number of hydrogen-bond acceptors (Lipinski definition) is 4. The molecule has 0 spiro atoms. The molecule has 1 aliphatic carbocycles. The van der Waals surface area contributed by atoms with Gasteiger partial charge >= 0.3 is 12.1 Å². The van der Waals surface area contributed by atoms with Gasteiger partial charge in [0.05, 0.1) is 5.92 Å². The molecule has 2 atom stereocenters. The van der Waals surface area contributed by atoms with Gasteiger partial charge in [-0.15, -0.1) is 0 Å². The monoisotopic (exact) mass is 338 g/mol. The minimum atomic E-state index is -0.0283. The van der Waals surface area contributed by atoms with Gasteiger partial charge in [-0.1, -0.05) is 60.7 Å². The van der Waals surface area contributed by atoms with Crippen LogP contribution in [0.2, 0.25) is 0 Å². The second kappa shape index (κ2) is 10.2. The summed E-state index contributed by atoms with van der Waals surface area (Å²) < 4.78 is 5.47. The van der Waals surface area contributed by atoms with E-state index in [0.717, 1.165) is 31.2 Å². The Kier molecular flexibility index (Phi) is 7.61. The Morgan fingerprint density at radius 3 is 2.08 bits per heavy atom. The summed E-state index contributed by atoms with van der Waals surface area (Å²) in [5, 5.41) is 0. The molecule has 130 valence electrons. The zero-order chi connectivity index (χ0) is 17.9. The molecule has 1 saturated carbocycles. The van der Waals surface area contributed by atoms with Gasteiger partial charge in [0.2, 0.25) is 0 Å². The predicted octanol–water partition coefficient (Wildman–Crippen LogP) is 3.81. The second-order valence-corrected chi connectivity index (χ2v) is 6.24. The van der Waals surface area contributed by atoms with E-state index in [9.17, 15) is 4.79 Å². The zero-order valence-electron chi connectivity index (χ0n) is 14.1. The summed E-state index contributed by atoms with van der Waals surface area (Å²) in [4.78, 5) is 28.4. The fraction of sp³-hybridized carbons (Fsp3) is 0.333. The molecule has 0 aromatic heterocycles. The molecule has 25 heavy (non-hydrogen) atoms. The van der Waals surface area contributed by atoms with E-state index in [1.54, 1.807) is 0 Å². The van der Waals surface area contributed by atoms with Crippen molar-refractivity contribution in [2.45, 2.75) is 32.3 Å². The Hall–Kier alpha value is -2.71. The molecule has 0 heterocycles. The summed E-state index contributed by atoms with van der Waals surface area (Å²) in [6.45, 7) is 0.388. The van der Waals surface area contributed by atoms with Crippen LogP contribution < -0.4 is 0 Å². The molecular weight excluding hydrogens is 316 g/mol. The summed E-state index contributed by atoms with van der Waals surface area (Å²) in [6, 6.07) is 20.4. The van der Waals surface area contributed by atoms with Gasteiger partial charge in [-0.3, -0.25) is 4.79 Å². The second-order valence-electron chi connectivity index (χ2n) is 6.24. The molecule has 2 aromatic carbocycles. The van der Waals surface area contributed by atoms with Crippen molar-refractivity contribution in [1.29, 1.82) is 0 Å². The summed E-state index contributed by atoms with van der Waals surface area (Å²) in [5.74, 6) is 0.661. The van der Waals surface area contributed by atoms with Crippen LogP contribution in [-0.2, 0) is 32.1 Å². The molecule has 0 saturated heterocycles. The van der Waals surface area contributed by atoms with E-state index >= 15 is 0 Å². The highest BCUT2D eigenvalue weighted by Gasteiger charge is 2.30. The molecule has 3 rings (SSSR count). The number of rotatable bonds is 5. The third-order valence-corrected chi connectivity index (χ3v) is 4.47. The highest BCUT2D eigenvalue weighted by molar-refractivity contribution is 5.72. The first kappa shape index (κ1) is 18.6. The SMILES string of the molecule is O=C(OCc1ccccc1)[C@H]1CC[C@H](Cc2ccccc2)C1.O=C=O. The Morgan fingerprint density at radius 1 is 0.920 bits per heavy atom. The maximum Gasteiger partial charge on any atom is 0.373 e. The van der Waals surface area contributed by atoms with Gasteiger partial charge in [0.1, 0.15) is 6.61 Å². The fourth-order valence-corrected chi connectivity index (χ4v) is 3.27. The normalized spacial score (nSPS) is 18.6. The molecule has 0 unspecified atom stereocenters. The maximum atomic E-state index is 12.2. The first-order chi connectivity index (χ1) is 12.2. The Balaban J connectivity index is 0.000000701. The first-order valence-corrected chi connectivity index (χ1v) is 8.46. The van der Waals surface area contributed by atoms with Gasteiger partial charge < -0.3 is 4.74 Å². The molecule has 0 aliphatic heterocycles. The van der Waals surface area contributed by atoms with E-state index < -0.39 is 0 Å². The van der Waals surface area contributed by atoms with E-state index in [-0.39, 0.29) is 18.0 Å². The standard InChI is InChI=1S/C20H22O2.CO2/c21-20(22-15-17-9-5-2-6-10-17)19-12-11-18(14-19)13-16-7-3-1-4-8-16;2-1-3/h1-10,18-19H,11-15H2;/t18-,19+;/m1./s1. The average Bonchev–Trinajstić information content (AvgIpc) is 3.11. The Bertz CT molecular complexity index is 676. The Morgan fingerprint density at radius 2 is 1.48 bits per heavy atom. The van der Waals surface area contributed by atoms with Crippen molar-refractivity contribution in [1.82, 2.24) is 0 Å². The van der Waals surface area contributed by atoms with Crippen molar-refractivity contribution in [2.24, 2.45) is 11.8 Å². The molecule has 0 amide bonds. The smallest absolute Gasteiger partial charge is 0.373 e. The van der Waals surface area contributed by atoms with Gasteiger partial charge in [-0.2, -0.15) is 9.59 Å². The van der Waals surface area contributed by atoms with Crippen LogP contribution in [0.1, 0.15) is 30.4 Å². The fourth-order valence-electron chi connectivity index (χ4n) is 3.27. The van der Waals surface area contributed by atoms with Gasteiger partial charge in [0.25, 0.3) is 0 Å². The lowest BCUT2D eigenvalue weighted by Crippen LogP contribution is -2.15. The number of hydrogen-bond donors (Lipinski definition) is 0. The molecule has 1 aliphatic rings. The molecule has 4 nitrogen and oxygen atoms in total. The minimum absolute atomic E-state index is 0.0283. The van der Waals surface area contributed by atoms with Crippen LogP contribution in [0.3, 0.4) is 0 Å². The van der Waals surface area contributed by atoms with E-state index in [1.807, 2.05) is 36.4 Å². The molecule has 0 bridgehead atoms. The molecule has 4 heteroatoms. The van der Waals surface area contributed by atoms with Crippen LogP contribution in [0.5, 0.6) is 0 Å². The first-order valence-electron chi connectivity index (χ1n) is 8.46. The van der Waals surface area contributed by atoms with Crippen molar-refractivity contribution >= 4 is 12.1 Å². The van der Waals surface area contributed by atoms with Crippen LogP contribution >= 0.6 is 0 Å². The summed E-state index contributed by atoms with van der Waals surface area (Å²) >= 11 is 0. The predicted molar refractivity (Wildman–Crippen MR) is 92.2 cm³/mol. The lowest BCUT2D eigenvalue weighted by Gasteiger charge is -2.12. The van der Waals surface area contributed by atoms with E-state index in [0.29, 0.717) is 12.5 Å². The molecule has 2 aromatic rings. The largest absolute Gasteiger partial charge is 0.461 e. The van der Waals surface area contributed by atoms with Gasteiger partial charge in [0.15, 0.2) is 0 Å². The van der Waals surface area contributed by atoms with Crippen LogP contribution in [0.4, 0.5) is 0 Å². The van der Waals surface area contributed by atoms with E-state index in [4.69, 9.17) is 14.3 Å². The highest BCUT2D eigenvalue weighted by atomic mass is 16.5. The van der Waals surface area contributed by atoms with Crippen LogP contribution in [0.15, 0.2) is 60.7 Å². The lowest BCUT2D eigenvalue weighted by atomic mass is 9.97. The molecule has 0 radical (unpaired) electrons. The quantitative estimate of drug-likeness (QED) is 0.778. The topological polar surface area (TPSA) is 60.4 Å². The number of carbonyl (C=O) groups excluding carboxylic acids is 3. The lowest BCUT2D eigenvalue weighted by molar-refractivity contribution is -0.191. The minimum Gasteiger partial charge on any atom is -0.461 e. The van der Waals surface area contributed by atoms with Gasteiger partial charge in [-0.25, -0.2) is 0 Å². The third-order valence-electron chi connectivity index (χ3n) is 4.47. The summed E-state index contributed by atoms with van der Waals surface area (Å²) in [7, 11) is 0. The zero-order valence-corrected chi connectivity index (χ0v) is 14.1. The van der Waals surface area contributed by atoms with Crippen molar-refractivity contribution < 1.29 is 19.1 Å².